The molecule has 0 aliphatic heterocycles. The van der Waals surface area contributed by atoms with Crippen LogP contribution >= 0.6 is 0 Å². The second-order valence-corrected chi connectivity index (χ2v) is 4.10. The number of carboxylic acid groups (broad SMARTS) is 1. The van der Waals surface area contributed by atoms with Crippen molar-refractivity contribution in [3.63, 3.8) is 0 Å². The van der Waals surface area contributed by atoms with Crippen LogP contribution in [-0.4, -0.2) is 40.5 Å². The van der Waals surface area contributed by atoms with Crippen LogP contribution < -0.4 is 10.6 Å². The summed E-state index contributed by atoms with van der Waals surface area (Å²) in [7, 11) is 1.60. The average Bonchev–Trinajstić information content (AvgIpc) is 2.37. The zero-order valence-electron chi connectivity index (χ0n) is 10.8. The van der Waals surface area contributed by atoms with Gasteiger partial charge in [-0.3, -0.25) is 19.7 Å². The molecule has 0 aromatic carbocycles. The van der Waals surface area contributed by atoms with E-state index in [1.807, 2.05) is 0 Å². The molecular weight excluding hydrogens is 268 g/mol. The summed E-state index contributed by atoms with van der Waals surface area (Å²) in [4.78, 5) is 37.1. The number of anilines is 1. The molecule has 1 aromatic heterocycles. The van der Waals surface area contributed by atoms with Gasteiger partial charge < -0.3 is 15.7 Å². The molecule has 0 unspecified atom stereocenters. The van der Waals surface area contributed by atoms with Crippen molar-refractivity contribution >= 4 is 23.4 Å². The second kappa shape index (κ2) is 6.45. The van der Waals surface area contributed by atoms with Crippen LogP contribution in [0.4, 0.5) is 11.5 Å². The molecule has 1 aromatic rings. The number of carbonyl (C=O) groups is 2. The van der Waals surface area contributed by atoms with Crippen LogP contribution in [0.1, 0.15) is 23.2 Å². The number of amides is 1. The molecular formula is C11H14N4O5. The van der Waals surface area contributed by atoms with Gasteiger partial charge in [0.15, 0.2) is 0 Å². The lowest BCUT2D eigenvalue weighted by atomic mass is 10.2. The van der Waals surface area contributed by atoms with Gasteiger partial charge in [-0.15, -0.1) is 0 Å². The maximum Gasteiger partial charge on any atom is 0.303 e. The Morgan fingerprint density at radius 2 is 2.20 bits per heavy atom. The normalized spacial score (nSPS) is 10.1. The van der Waals surface area contributed by atoms with E-state index in [0.717, 1.165) is 12.3 Å². The summed E-state index contributed by atoms with van der Waals surface area (Å²) < 4.78 is 0. The van der Waals surface area contributed by atoms with Crippen LogP contribution in [-0.2, 0) is 4.79 Å². The molecule has 0 fully saturated rings. The van der Waals surface area contributed by atoms with Gasteiger partial charge in [-0.05, 0) is 6.42 Å². The third-order valence-electron chi connectivity index (χ3n) is 2.57. The minimum Gasteiger partial charge on any atom is -0.481 e. The van der Waals surface area contributed by atoms with E-state index in [9.17, 15) is 19.7 Å². The van der Waals surface area contributed by atoms with E-state index >= 15 is 0 Å². The summed E-state index contributed by atoms with van der Waals surface area (Å²) in [6, 6.07) is 1.05. The van der Waals surface area contributed by atoms with Crippen LogP contribution in [0.3, 0.4) is 0 Å². The van der Waals surface area contributed by atoms with Crippen molar-refractivity contribution in [3.05, 3.63) is 27.9 Å². The van der Waals surface area contributed by atoms with Crippen molar-refractivity contribution in [3.8, 4) is 0 Å². The van der Waals surface area contributed by atoms with Crippen LogP contribution in [0.5, 0.6) is 0 Å². The van der Waals surface area contributed by atoms with Gasteiger partial charge in [0.25, 0.3) is 11.6 Å². The highest BCUT2D eigenvalue weighted by Crippen LogP contribution is 2.21. The van der Waals surface area contributed by atoms with E-state index in [1.165, 1.54) is 4.90 Å². The Morgan fingerprint density at radius 3 is 2.70 bits per heavy atom. The van der Waals surface area contributed by atoms with Crippen molar-refractivity contribution in [1.82, 2.24) is 4.98 Å². The third-order valence-corrected chi connectivity index (χ3v) is 2.57. The molecule has 0 radical (unpaired) electrons. The standard InChI is InChI=1S/C11H14N4O5/c1-14(4-2-3-9(16)17)11-8(10(12)18)5-7(6-13-11)15(19)20/h5-6H,2-4H2,1H3,(H2,12,18)(H,16,17). The van der Waals surface area contributed by atoms with E-state index in [0.29, 0.717) is 13.0 Å². The topological polar surface area (TPSA) is 140 Å². The third kappa shape index (κ3) is 3.90. The molecule has 0 saturated carbocycles. The second-order valence-electron chi connectivity index (χ2n) is 4.10. The van der Waals surface area contributed by atoms with Gasteiger partial charge in [0.1, 0.15) is 12.0 Å². The smallest absolute Gasteiger partial charge is 0.303 e. The fourth-order valence-electron chi connectivity index (χ4n) is 1.61. The molecule has 0 atom stereocenters. The Bertz CT molecular complexity index is 546. The quantitative estimate of drug-likeness (QED) is 0.544. The first-order valence-electron chi connectivity index (χ1n) is 5.70. The van der Waals surface area contributed by atoms with E-state index in [2.05, 4.69) is 4.98 Å². The lowest BCUT2D eigenvalue weighted by Gasteiger charge is -2.19. The van der Waals surface area contributed by atoms with Gasteiger partial charge in [0.05, 0.1) is 10.5 Å². The summed E-state index contributed by atoms with van der Waals surface area (Å²) >= 11 is 0. The number of pyridine rings is 1. The van der Waals surface area contributed by atoms with E-state index < -0.39 is 16.8 Å². The monoisotopic (exact) mass is 282 g/mol. The average molecular weight is 282 g/mol. The summed E-state index contributed by atoms with van der Waals surface area (Å²) in [5.41, 5.74) is 4.77. The van der Waals surface area contributed by atoms with Crippen LogP contribution in [0.25, 0.3) is 0 Å². The maximum atomic E-state index is 11.3. The van der Waals surface area contributed by atoms with E-state index in [-0.39, 0.29) is 23.5 Å². The fraction of sp³-hybridized carbons (Fsp3) is 0.364. The summed E-state index contributed by atoms with van der Waals surface area (Å²) in [5.74, 6) is -1.57. The molecule has 9 nitrogen and oxygen atoms in total. The van der Waals surface area contributed by atoms with Gasteiger partial charge in [-0.1, -0.05) is 0 Å². The molecule has 9 heteroatoms. The number of nitrogens with zero attached hydrogens (tertiary/aromatic N) is 3. The van der Waals surface area contributed by atoms with Crippen molar-refractivity contribution in [1.29, 1.82) is 0 Å². The van der Waals surface area contributed by atoms with Crippen molar-refractivity contribution in [2.75, 3.05) is 18.5 Å². The predicted molar refractivity (Wildman–Crippen MR) is 69.5 cm³/mol. The molecule has 20 heavy (non-hydrogen) atoms. The maximum absolute atomic E-state index is 11.3. The van der Waals surface area contributed by atoms with Crippen molar-refractivity contribution in [2.45, 2.75) is 12.8 Å². The number of rotatable bonds is 7. The first kappa shape index (κ1) is 15.3. The predicted octanol–water partition coefficient (Wildman–Crippen LogP) is 0.390. The number of primary amides is 1. The SMILES string of the molecule is CN(CCCC(=O)O)c1ncc([N+](=O)[O-])cc1C(N)=O. The number of aliphatic carboxylic acids is 1. The number of carbonyl (C=O) groups excluding carboxylic acids is 1. The zero-order valence-corrected chi connectivity index (χ0v) is 10.8. The lowest BCUT2D eigenvalue weighted by Crippen LogP contribution is -2.25. The molecule has 0 saturated heterocycles. The first-order valence-corrected chi connectivity index (χ1v) is 5.70. The molecule has 0 aliphatic rings. The number of nitro groups is 1. The van der Waals surface area contributed by atoms with Gasteiger partial charge in [0, 0.05) is 26.1 Å². The minimum atomic E-state index is -0.926. The highest BCUT2D eigenvalue weighted by molar-refractivity contribution is 5.98. The molecule has 1 heterocycles. The van der Waals surface area contributed by atoms with Crippen LogP contribution in [0.2, 0.25) is 0 Å². The zero-order chi connectivity index (χ0) is 15.3. The van der Waals surface area contributed by atoms with Gasteiger partial charge in [-0.25, -0.2) is 4.98 Å². The molecule has 3 N–H and O–H groups in total. The van der Waals surface area contributed by atoms with Gasteiger partial charge >= 0.3 is 5.97 Å². The molecule has 1 rings (SSSR count). The van der Waals surface area contributed by atoms with E-state index in [1.54, 1.807) is 7.05 Å². The Kier molecular flexibility index (Phi) is 4.95. The Hall–Kier alpha value is -2.71. The molecule has 0 bridgehead atoms. The number of carboxylic acids is 1. The number of aromatic nitrogens is 1. The minimum absolute atomic E-state index is 0.0246. The Labute approximate surface area is 114 Å². The number of hydrogen-bond donors (Lipinski definition) is 2. The summed E-state index contributed by atoms with van der Waals surface area (Å²) in [6.45, 7) is 0.331. The van der Waals surface area contributed by atoms with E-state index in [4.69, 9.17) is 10.8 Å². The number of hydrogen-bond acceptors (Lipinski definition) is 6. The molecule has 0 aliphatic carbocycles. The molecule has 0 spiro atoms. The molecule has 1 amide bonds. The highest BCUT2D eigenvalue weighted by atomic mass is 16.6. The lowest BCUT2D eigenvalue weighted by molar-refractivity contribution is -0.385. The van der Waals surface area contributed by atoms with Crippen molar-refractivity contribution in [2.24, 2.45) is 5.73 Å². The van der Waals surface area contributed by atoms with Crippen molar-refractivity contribution < 1.29 is 19.6 Å². The summed E-state index contributed by atoms with van der Waals surface area (Å²) in [5, 5.41) is 19.2. The van der Waals surface area contributed by atoms with Crippen LogP contribution in [0, 0.1) is 10.1 Å². The number of nitrogens with two attached hydrogens (primary N) is 1. The Morgan fingerprint density at radius 1 is 1.55 bits per heavy atom. The fourth-order valence-corrected chi connectivity index (χ4v) is 1.61. The summed E-state index contributed by atoms with van der Waals surface area (Å²) in [6.07, 6.45) is 1.35. The Balaban J connectivity index is 2.95. The van der Waals surface area contributed by atoms with Crippen LogP contribution in [0.15, 0.2) is 12.3 Å². The molecule has 108 valence electrons. The van der Waals surface area contributed by atoms with Gasteiger partial charge in [0.2, 0.25) is 0 Å². The van der Waals surface area contributed by atoms with Gasteiger partial charge in [-0.2, -0.15) is 0 Å². The largest absolute Gasteiger partial charge is 0.481 e. The highest BCUT2D eigenvalue weighted by Gasteiger charge is 2.18. The first-order chi connectivity index (χ1) is 9.32.